The molecule has 6 nitrogen and oxygen atoms in total. The van der Waals surface area contributed by atoms with Gasteiger partial charge < -0.3 is 25.4 Å². The molecule has 1 aromatic rings. The zero-order chi connectivity index (χ0) is 15.4. The van der Waals surface area contributed by atoms with Crippen LogP contribution in [0.1, 0.15) is 29.9 Å². The smallest absolute Gasteiger partial charge is 0.263 e. The van der Waals surface area contributed by atoms with Crippen molar-refractivity contribution in [3.05, 3.63) is 4.88 Å². The fraction of sp³-hybridized carbons (Fsp3) is 0.643. The first-order chi connectivity index (χ1) is 10.1. The maximum Gasteiger partial charge on any atom is 0.263 e. The maximum absolute atomic E-state index is 12.1. The van der Waals surface area contributed by atoms with E-state index in [4.69, 9.17) is 15.2 Å². The van der Waals surface area contributed by atoms with E-state index in [1.807, 2.05) is 6.92 Å². The average molecular weight is 313 g/mol. The molecule has 1 amide bonds. The number of nitrogens with zero attached hydrogens (tertiary/aromatic N) is 1. The average Bonchev–Trinajstić information content (AvgIpc) is 2.84. The molecule has 1 atom stereocenters. The van der Waals surface area contributed by atoms with Crippen molar-refractivity contribution < 1.29 is 14.3 Å². The van der Waals surface area contributed by atoms with Crippen LogP contribution in [-0.2, 0) is 4.74 Å². The second kappa shape index (κ2) is 7.00. The number of carbonyl (C=O) groups excluding carboxylic acids is 1. The summed E-state index contributed by atoms with van der Waals surface area (Å²) in [5.74, 6) is 0.447. The van der Waals surface area contributed by atoms with Crippen LogP contribution in [0.15, 0.2) is 0 Å². The number of nitrogens with two attached hydrogens (primary N) is 1. The summed E-state index contributed by atoms with van der Waals surface area (Å²) in [4.78, 5) is 14.8. The summed E-state index contributed by atoms with van der Waals surface area (Å²) in [7, 11) is 1.58. The minimum Gasteiger partial charge on any atom is -0.492 e. The van der Waals surface area contributed by atoms with Gasteiger partial charge in [0.15, 0.2) is 5.75 Å². The molecule has 0 bridgehead atoms. The van der Waals surface area contributed by atoms with Gasteiger partial charge in [0.2, 0.25) is 0 Å². The van der Waals surface area contributed by atoms with Crippen LogP contribution < -0.4 is 20.7 Å². The fourth-order valence-corrected chi connectivity index (χ4v) is 3.52. The van der Waals surface area contributed by atoms with E-state index in [2.05, 4.69) is 17.1 Å². The van der Waals surface area contributed by atoms with Gasteiger partial charge in [-0.1, -0.05) is 6.92 Å². The number of nitrogens with one attached hydrogen (secondary N) is 1. The maximum atomic E-state index is 12.1. The van der Waals surface area contributed by atoms with Crippen LogP contribution in [0, 0.1) is 0 Å². The Hall–Kier alpha value is -1.47. The number of carbonyl (C=O) groups is 1. The number of nitrogen functional groups attached to an aromatic ring is 1. The summed E-state index contributed by atoms with van der Waals surface area (Å²) in [5.41, 5.74) is 6.51. The number of hydrogen-bond donors (Lipinski definition) is 2. The van der Waals surface area contributed by atoms with Crippen molar-refractivity contribution in [2.24, 2.45) is 0 Å². The predicted molar refractivity (Wildman–Crippen MR) is 85.5 cm³/mol. The van der Waals surface area contributed by atoms with E-state index in [1.54, 1.807) is 7.11 Å². The molecule has 2 heterocycles. The molecule has 0 spiro atoms. The summed E-state index contributed by atoms with van der Waals surface area (Å²) in [5, 5.41) is 3.70. The highest BCUT2D eigenvalue weighted by Crippen LogP contribution is 2.45. The van der Waals surface area contributed by atoms with Gasteiger partial charge >= 0.3 is 0 Å². The molecule has 0 aliphatic carbocycles. The van der Waals surface area contributed by atoms with Gasteiger partial charge in [0.25, 0.3) is 5.91 Å². The number of thiophene rings is 1. The van der Waals surface area contributed by atoms with Crippen molar-refractivity contribution in [3.63, 3.8) is 0 Å². The van der Waals surface area contributed by atoms with E-state index in [9.17, 15) is 4.79 Å². The SMILES string of the molecule is CCNC(=O)c1sc(N2CCOC(CC)C2)c(OC)c1N. The first-order valence-corrected chi connectivity index (χ1v) is 8.04. The summed E-state index contributed by atoms with van der Waals surface area (Å²) in [6, 6.07) is 0. The van der Waals surface area contributed by atoms with Gasteiger partial charge in [0.05, 0.1) is 19.8 Å². The molecule has 7 heteroatoms. The first-order valence-electron chi connectivity index (χ1n) is 7.23. The van der Waals surface area contributed by atoms with Crippen molar-refractivity contribution in [1.29, 1.82) is 0 Å². The van der Waals surface area contributed by atoms with Gasteiger partial charge in [-0.15, -0.1) is 11.3 Å². The molecular weight excluding hydrogens is 290 g/mol. The van der Waals surface area contributed by atoms with Crippen LogP contribution >= 0.6 is 11.3 Å². The van der Waals surface area contributed by atoms with E-state index >= 15 is 0 Å². The third-order valence-corrected chi connectivity index (χ3v) is 4.76. The first kappa shape index (κ1) is 15.9. The zero-order valence-corrected chi connectivity index (χ0v) is 13.6. The van der Waals surface area contributed by atoms with Gasteiger partial charge in [-0.2, -0.15) is 0 Å². The molecule has 1 fully saturated rings. The van der Waals surface area contributed by atoms with E-state index in [0.29, 0.717) is 29.5 Å². The molecule has 21 heavy (non-hydrogen) atoms. The van der Waals surface area contributed by atoms with Crippen molar-refractivity contribution >= 4 is 27.9 Å². The number of methoxy groups -OCH3 is 1. The van der Waals surface area contributed by atoms with Gasteiger partial charge in [-0.05, 0) is 13.3 Å². The second-order valence-corrected chi connectivity index (χ2v) is 5.89. The lowest BCUT2D eigenvalue weighted by atomic mass is 10.2. The van der Waals surface area contributed by atoms with Gasteiger partial charge in [-0.3, -0.25) is 4.79 Å². The van der Waals surface area contributed by atoms with Crippen LogP contribution in [-0.4, -0.2) is 45.4 Å². The predicted octanol–water partition coefficient (Wildman–Crippen LogP) is 1.70. The number of hydrogen-bond acceptors (Lipinski definition) is 6. The Kier molecular flexibility index (Phi) is 5.30. The van der Waals surface area contributed by atoms with E-state index in [1.165, 1.54) is 11.3 Å². The van der Waals surface area contributed by atoms with E-state index < -0.39 is 0 Å². The van der Waals surface area contributed by atoms with Crippen molar-refractivity contribution in [2.45, 2.75) is 26.4 Å². The molecule has 1 aromatic heterocycles. The Balaban J connectivity index is 2.30. The summed E-state index contributed by atoms with van der Waals surface area (Å²) >= 11 is 1.39. The molecule has 1 saturated heterocycles. The lowest BCUT2D eigenvalue weighted by Crippen LogP contribution is -2.42. The zero-order valence-electron chi connectivity index (χ0n) is 12.8. The van der Waals surface area contributed by atoms with Crippen LogP contribution in [0.5, 0.6) is 5.75 Å². The lowest BCUT2D eigenvalue weighted by molar-refractivity contribution is 0.0385. The molecule has 3 N–H and O–H groups in total. The molecule has 1 aliphatic heterocycles. The third-order valence-electron chi connectivity index (χ3n) is 3.51. The van der Waals surface area contributed by atoms with E-state index in [-0.39, 0.29) is 12.0 Å². The molecule has 1 unspecified atom stereocenters. The fourth-order valence-electron chi connectivity index (χ4n) is 2.38. The highest BCUT2D eigenvalue weighted by Gasteiger charge is 2.28. The lowest BCUT2D eigenvalue weighted by Gasteiger charge is -2.33. The molecule has 2 rings (SSSR count). The number of anilines is 2. The Bertz CT molecular complexity index is 504. The number of ether oxygens (including phenoxy) is 2. The van der Waals surface area contributed by atoms with Crippen molar-refractivity contribution in [2.75, 3.05) is 44.0 Å². The molecular formula is C14H23N3O3S. The Morgan fingerprint density at radius 1 is 1.57 bits per heavy atom. The van der Waals surface area contributed by atoms with Gasteiger partial charge in [-0.25, -0.2) is 0 Å². The largest absolute Gasteiger partial charge is 0.492 e. The quantitative estimate of drug-likeness (QED) is 0.865. The number of amides is 1. The van der Waals surface area contributed by atoms with Crippen LogP contribution in [0.4, 0.5) is 10.7 Å². The monoisotopic (exact) mass is 313 g/mol. The molecule has 118 valence electrons. The highest BCUT2D eigenvalue weighted by molar-refractivity contribution is 7.19. The second-order valence-electron chi connectivity index (χ2n) is 4.89. The Labute approximate surface area is 129 Å². The molecule has 0 aromatic carbocycles. The van der Waals surface area contributed by atoms with Crippen molar-refractivity contribution in [1.82, 2.24) is 5.32 Å². The van der Waals surface area contributed by atoms with Gasteiger partial charge in [0.1, 0.15) is 15.6 Å². The van der Waals surface area contributed by atoms with Crippen LogP contribution in [0.2, 0.25) is 0 Å². The standard InChI is InChI=1S/C14H23N3O3S/c1-4-9-8-17(6-7-20-9)14-11(19-3)10(15)12(21-14)13(18)16-5-2/h9H,4-8,15H2,1-3H3,(H,16,18). The van der Waals surface area contributed by atoms with E-state index in [0.717, 1.165) is 24.5 Å². The topological polar surface area (TPSA) is 76.8 Å². The van der Waals surface area contributed by atoms with Crippen LogP contribution in [0.25, 0.3) is 0 Å². The normalized spacial score (nSPS) is 18.6. The van der Waals surface area contributed by atoms with Crippen LogP contribution in [0.3, 0.4) is 0 Å². The summed E-state index contributed by atoms with van der Waals surface area (Å²) < 4.78 is 11.1. The number of morpholine rings is 1. The Morgan fingerprint density at radius 2 is 2.33 bits per heavy atom. The molecule has 0 radical (unpaired) electrons. The highest BCUT2D eigenvalue weighted by atomic mass is 32.1. The summed E-state index contributed by atoms with van der Waals surface area (Å²) in [6.07, 6.45) is 1.17. The molecule has 0 saturated carbocycles. The minimum atomic E-state index is -0.148. The Morgan fingerprint density at radius 3 is 2.95 bits per heavy atom. The number of rotatable bonds is 5. The third kappa shape index (κ3) is 3.24. The minimum absolute atomic E-state index is 0.148. The summed E-state index contributed by atoms with van der Waals surface area (Å²) in [6.45, 7) is 6.81. The molecule has 1 aliphatic rings. The van der Waals surface area contributed by atoms with Gasteiger partial charge in [0, 0.05) is 19.6 Å². The van der Waals surface area contributed by atoms with Crippen molar-refractivity contribution in [3.8, 4) is 5.75 Å².